The van der Waals surface area contributed by atoms with E-state index in [2.05, 4.69) is 35.3 Å². The minimum absolute atomic E-state index is 0.888. The Hall–Kier alpha value is -1.33. The zero-order valence-electron chi connectivity index (χ0n) is 11.7. The summed E-state index contributed by atoms with van der Waals surface area (Å²) in [6, 6.07) is 2.20. The smallest absolute Gasteiger partial charge is 0.104 e. The Morgan fingerprint density at radius 2 is 2.21 bits per heavy atom. The molecule has 0 amide bonds. The quantitative estimate of drug-likeness (QED) is 0.824. The fourth-order valence-electron chi connectivity index (χ4n) is 1.80. The molecule has 0 unspecified atom stereocenters. The fraction of sp³-hybridized carbons (Fsp3) is 0.429. The van der Waals surface area contributed by atoms with Crippen molar-refractivity contribution < 1.29 is 0 Å². The molecule has 19 heavy (non-hydrogen) atoms. The predicted molar refractivity (Wildman–Crippen MR) is 78.3 cm³/mol. The monoisotopic (exact) mass is 276 g/mol. The summed E-state index contributed by atoms with van der Waals surface area (Å²) in [5, 5.41) is 8.61. The first-order valence-electron chi connectivity index (χ1n) is 6.51. The van der Waals surface area contributed by atoms with E-state index < -0.39 is 0 Å². The number of aromatic nitrogens is 3. The minimum atomic E-state index is 0.888. The average Bonchev–Trinajstić information content (AvgIpc) is 2.79. The van der Waals surface area contributed by atoms with E-state index in [1.54, 1.807) is 16.4 Å². The zero-order valence-corrected chi connectivity index (χ0v) is 12.5. The zero-order chi connectivity index (χ0) is 13.7. The van der Waals surface area contributed by atoms with Gasteiger partial charge < -0.3 is 5.32 Å². The Kier molecular flexibility index (Phi) is 4.99. The molecule has 0 aromatic carbocycles. The molecule has 2 rings (SSSR count). The molecule has 0 aliphatic heterocycles. The standard InChI is InChI=1S/C14H20N4S/c1-4-5-15-7-12-6-11(2)14(16-8-12)19-13-9-17-18(3)10-13/h6,8-10,15H,4-5,7H2,1-3H3. The topological polar surface area (TPSA) is 42.7 Å². The largest absolute Gasteiger partial charge is 0.313 e. The van der Waals surface area contributed by atoms with Crippen molar-refractivity contribution in [1.29, 1.82) is 0 Å². The molecule has 0 saturated heterocycles. The third-order valence-corrected chi connectivity index (χ3v) is 3.81. The summed E-state index contributed by atoms with van der Waals surface area (Å²) in [6.45, 7) is 6.21. The van der Waals surface area contributed by atoms with Gasteiger partial charge in [0, 0.05) is 26.0 Å². The van der Waals surface area contributed by atoms with Crippen LogP contribution < -0.4 is 5.32 Å². The third-order valence-electron chi connectivity index (χ3n) is 2.74. The Bertz CT molecular complexity index is 536. The lowest BCUT2D eigenvalue weighted by Crippen LogP contribution is -2.14. The molecule has 1 N–H and O–H groups in total. The van der Waals surface area contributed by atoms with E-state index in [1.165, 1.54) is 11.1 Å². The summed E-state index contributed by atoms with van der Waals surface area (Å²) in [5.74, 6) is 0. The van der Waals surface area contributed by atoms with E-state index >= 15 is 0 Å². The molecule has 2 aromatic heterocycles. The molecule has 5 heteroatoms. The highest BCUT2D eigenvalue weighted by atomic mass is 32.2. The highest BCUT2D eigenvalue weighted by molar-refractivity contribution is 7.99. The molecule has 2 heterocycles. The lowest BCUT2D eigenvalue weighted by atomic mass is 10.2. The lowest BCUT2D eigenvalue weighted by molar-refractivity contribution is 0.672. The first kappa shape index (κ1) is 14.1. The molecule has 0 atom stereocenters. The van der Waals surface area contributed by atoms with Gasteiger partial charge in [0.15, 0.2) is 0 Å². The molecular formula is C14H20N4S. The molecule has 102 valence electrons. The van der Waals surface area contributed by atoms with Crippen LogP contribution in [-0.2, 0) is 13.6 Å². The molecule has 0 spiro atoms. The van der Waals surface area contributed by atoms with Crippen molar-refractivity contribution in [3.05, 3.63) is 35.8 Å². The van der Waals surface area contributed by atoms with Crippen molar-refractivity contribution >= 4 is 11.8 Å². The van der Waals surface area contributed by atoms with Gasteiger partial charge >= 0.3 is 0 Å². The number of nitrogens with one attached hydrogen (secondary N) is 1. The van der Waals surface area contributed by atoms with Gasteiger partial charge in [-0.1, -0.05) is 24.8 Å². The van der Waals surface area contributed by atoms with Gasteiger partial charge in [0.25, 0.3) is 0 Å². The van der Waals surface area contributed by atoms with E-state index in [1.807, 2.05) is 25.6 Å². The van der Waals surface area contributed by atoms with Crippen LogP contribution in [0, 0.1) is 6.92 Å². The molecule has 0 bridgehead atoms. The Morgan fingerprint density at radius 3 is 2.84 bits per heavy atom. The van der Waals surface area contributed by atoms with Gasteiger partial charge in [-0.15, -0.1) is 0 Å². The average molecular weight is 276 g/mol. The van der Waals surface area contributed by atoms with Crippen LogP contribution in [-0.4, -0.2) is 21.3 Å². The molecule has 0 aliphatic carbocycles. The maximum absolute atomic E-state index is 4.55. The number of nitrogens with zero attached hydrogens (tertiary/aromatic N) is 3. The van der Waals surface area contributed by atoms with Crippen molar-refractivity contribution in [2.24, 2.45) is 7.05 Å². The number of aryl methyl sites for hydroxylation is 2. The van der Waals surface area contributed by atoms with Crippen molar-refractivity contribution in [1.82, 2.24) is 20.1 Å². The molecule has 4 nitrogen and oxygen atoms in total. The van der Waals surface area contributed by atoms with Crippen LogP contribution in [0.5, 0.6) is 0 Å². The van der Waals surface area contributed by atoms with Gasteiger partial charge in [0.2, 0.25) is 0 Å². The summed E-state index contributed by atoms with van der Waals surface area (Å²) >= 11 is 1.66. The highest BCUT2D eigenvalue weighted by Gasteiger charge is 2.05. The number of hydrogen-bond acceptors (Lipinski definition) is 4. The summed E-state index contributed by atoms with van der Waals surface area (Å²) in [6.07, 6.45) is 6.97. The van der Waals surface area contributed by atoms with Crippen LogP contribution in [0.2, 0.25) is 0 Å². The van der Waals surface area contributed by atoms with Crippen molar-refractivity contribution in [2.45, 2.75) is 36.7 Å². The Balaban J connectivity index is 2.02. The Labute approximate surface area is 118 Å². The van der Waals surface area contributed by atoms with Crippen LogP contribution in [0.3, 0.4) is 0 Å². The fourth-order valence-corrected chi connectivity index (χ4v) is 2.65. The second-order valence-corrected chi connectivity index (χ2v) is 5.66. The van der Waals surface area contributed by atoms with Gasteiger partial charge in [-0.3, -0.25) is 4.68 Å². The first-order valence-corrected chi connectivity index (χ1v) is 7.33. The van der Waals surface area contributed by atoms with Crippen LogP contribution in [0.15, 0.2) is 34.6 Å². The molecule has 0 aliphatic rings. The van der Waals surface area contributed by atoms with Gasteiger partial charge in [0.05, 0.1) is 11.1 Å². The number of rotatable bonds is 6. The van der Waals surface area contributed by atoms with Crippen molar-refractivity contribution in [3.8, 4) is 0 Å². The maximum Gasteiger partial charge on any atom is 0.104 e. The summed E-state index contributed by atoms with van der Waals surface area (Å²) in [4.78, 5) is 5.67. The van der Waals surface area contributed by atoms with Crippen LogP contribution in [0.1, 0.15) is 24.5 Å². The van der Waals surface area contributed by atoms with Gasteiger partial charge in [-0.2, -0.15) is 5.10 Å². The minimum Gasteiger partial charge on any atom is -0.313 e. The normalized spacial score (nSPS) is 10.9. The molecule has 2 aromatic rings. The van der Waals surface area contributed by atoms with E-state index in [0.29, 0.717) is 0 Å². The molecule has 0 saturated carbocycles. The number of hydrogen-bond donors (Lipinski definition) is 1. The van der Waals surface area contributed by atoms with E-state index in [9.17, 15) is 0 Å². The molecule has 0 fully saturated rings. The summed E-state index contributed by atoms with van der Waals surface area (Å²) in [7, 11) is 1.92. The summed E-state index contributed by atoms with van der Waals surface area (Å²) < 4.78 is 1.81. The first-order chi connectivity index (χ1) is 9.19. The molecule has 0 radical (unpaired) electrons. The second-order valence-electron chi connectivity index (χ2n) is 4.59. The van der Waals surface area contributed by atoms with Gasteiger partial charge in [-0.05, 0) is 31.0 Å². The lowest BCUT2D eigenvalue weighted by Gasteiger charge is -2.07. The SMILES string of the molecule is CCCNCc1cnc(Sc2cnn(C)c2)c(C)c1. The second kappa shape index (κ2) is 6.73. The summed E-state index contributed by atoms with van der Waals surface area (Å²) in [5.41, 5.74) is 2.45. The highest BCUT2D eigenvalue weighted by Crippen LogP contribution is 2.28. The van der Waals surface area contributed by atoms with Crippen LogP contribution >= 0.6 is 11.8 Å². The van der Waals surface area contributed by atoms with E-state index in [4.69, 9.17) is 0 Å². The molecular weight excluding hydrogens is 256 g/mol. The maximum atomic E-state index is 4.55. The van der Waals surface area contributed by atoms with Crippen LogP contribution in [0.25, 0.3) is 0 Å². The van der Waals surface area contributed by atoms with E-state index in [0.717, 1.165) is 29.4 Å². The van der Waals surface area contributed by atoms with Crippen molar-refractivity contribution in [3.63, 3.8) is 0 Å². The predicted octanol–water partition coefficient (Wildman–Crippen LogP) is 2.77. The third kappa shape index (κ3) is 4.08. The Morgan fingerprint density at radius 1 is 1.37 bits per heavy atom. The van der Waals surface area contributed by atoms with E-state index in [-0.39, 0.29) is 0 Å². The van der Waals surface area contributed by atoms with Gasteiger partial charge in [0.1, 0.15) is 5.03 Å². The van der Waals surface area contributed by atoms with Crippen LogP contribution in [0.4, 0.5) is 0 Å². The number of pyridine rings is 1. The van der Waals surface area contributed by atoms with Crippen molar-refractivity contribution in [2.75, 3.05) is 6.54 Å². The van der Waals surface area contributed by atoms with Gasteiger partial charge in [-0.25, -0.2) is 4.98 Å².